The van der Waals surface area contributed by atoms with Crippen LogP contribution in [0, 0.1) is 5.92 Å². The first-order valence-corrected chi connectivity index (χ1v) is 8.58. The number of primary amides is 1. The van der Waals surface area contributed by atoms with Crippen LogP contribution in [0.25, 0.3) is 10.6 Å². The van der Waals surface area contributed by atoms with Crippen LogP contribution in [-0.2, 0) is 0 Å². The molecule has 0 spiro atoms. The topological polar surface area (TPSA) is 76.3 Å². The highest BCUT2D eigenvalue weighted by Gasteiger charge is 2.24. The number of amides is 2. The molecular formula is C17H19N3O2S. The number of nitrogens with two attached hydrogens (primary N) is 1. The summed E-state index contributed by atoms with van der Waals surface area (Å²) in [6, 6.07) is 7.07. The summed E-state index contributed by atoms with van der Waals surface area (Å²) in [7, 11) is 0. The third-order valence-corrected chi connectivity index (χ3v) is 4.97. The highest BCUT2D eigenvalue weighted by molar-refractivity contribution is 7.13. The largest absolute Gasteiger partial charge is 0.366 e. The first-order valence-electron chi connectivity index (χ1n) is 7.70. The molecule has 23 heavy (non-hydrogen) atoms. The fraction of sp³-hybridized carbons (Fsp3) is 0.353. The quantitative estimate of drug-likeness (QED) is 0.940. The van der Waals surface area contributed by atoms with Gasteiger partial charge < -0.3 is 10.6 Å². The standard InChI is InChI=1S/C17H19N3O2S/c1-11-5-4-8-20(9-11)17(22)14-10-23-16(19-14)13-7-3-2-6-12(13)15(18)21/h2-3,6-7,10-11H,4-5,8-9H2,1H3,(H2,18,21). The molecule has 6 heteroatoms. The van der Waals surface area contributed by atoms with E-state index < -0.39 is 5.91 Å². The van der Waals surface area contributed by atoms with E-state index in [1.165, 1.54) is 11.3 Å². The van der Waals surface area contributed by atoms with E-state index in [1.807, 2.05) is 11.0 Å². The van der Waals surface area contributed by atoms with Gasteiger partial charge in [-0.3, -0.25) is 9.59 Å². The Balaban J connectivity index is 1.86. The van der Waals surface area contributed by atoms with Gasteiger partial charge in [0.05, 0.1) is 0 Å². The summed E-state index contributed by atoms with van der Waals surface area (Å²) >= 11 is 1.36. The highest BCUT2D eigenvalue weighted by Crippen LogP contribution is 2.28. The van der Waals surface area contributed by atoms with Gasteiger partial charge in [-0.05, 0) is 24.8 Å². The maximum atomic E-state index is 12.6. The number of hydrogen-bond donors (Lipinski definition) is 1. The van der Waals surface area contributed by atoms with Gasteiger partial charge in [0.1, 0.15) is 10.7 Å². The lowest BCUT2D eigenvalue weighted by Gasteiger charge is -2.30. The van der Waals surface area contributed by atoms with E-state index in [4.69, 9.17) is 5.73 Å². The molecule has 2 heterocycles. The Kier molecular flexibility index (Phi) is 4.43. The van der Waals surface area contributed by atoms with Gasteiger partial charge in [-0.25, -0.2) is 4.98 Å². The van der Waals surface area contributed by atoms with E-state index in [2.05, 4.69) is 11.9 Å². The lowest BCUT2D eigenvalue weighted by molar-refractivity contribution is 0.0678. The molecule has 0 radical (unpaired) electrons. The zero-order chi connectivity index (χ0) is 16.4. The Labute approximate surface area is 139 Å². The van der Waals surface area contributed by atoms with Crippen molar-refractivity contribution in [1.82, 2.24) is 9.88 Å². The van der Waals surface area contributed by atoms with E-state index in [0.29, 0.717) is 27.7 Å². The van der Waals surface area contributed by atoms with E-state index in [9.17, 15) is 9.59 Å². The Morgan fingerprint density at radius 3 is 2.87 bits per heavy atom. The van der Waals surface area contributed by atoms with Crippen molar-refractivity contribution in [2.45, 2.75) is 19.8 Å². The van der Waals surface area contributed by atoms with Crippen LogP contribution in [0.2, 0.25) is 0 Å². The maximum Gasteiger partial charge on any atom is 0.273 e. The van der Waals surface area contributed by atoms with Crippen LogP contribution in [0.4, 0.5) is 0 Å². The summed E-state index contributed by atoms with van der Waals surface area (Å²) in [6.07, 6.45) is 2.20. The summed E-state index contributed by atoms with van der Waals surface area (Å²) in [5.41, 5.74) is 6.96. The lowest BCUT2D eigenvalue weighted by Crippen LogP contribution is -2.39. The number of hydrogen-bond acceptors (Lipinski definition) is 4. The Hall–Kier alpha value is -2.21. The van der Waals surface area contributed by atoms with Crippen LogP contribution >= 0.6 is 11.3 Å². The summed E-state index contributed by atoms with van der Waals surface area (Å²) in [5.74, 6) is 0.00512. The van der Waals surface area contributed by atoms with Crippen molar-refractivity contribution in [1.29, 1.82) is 0 Å². The number of thiazole rings is 1. The molecule has 1 aliphatic rings. The average Bonchev–Trinajstić information content (AvgIpc) is 3.04. The molecule has 0 bridgehead atoms. The maximum absolute atomic E-state index is 12.6. The molecular weight excluding hydrogens is 310 g/mol. The minimum Gasteiger partial charge on any atom is -0.366 e. The average molecular weight is 329 g/mol. The number of piperidine rings is 1. The number of aromatic nitrogens is 1. The van der Waals surface area contributed by atoms with Gasteiger partial charge in [0.2, 0.25) is 5.91 Å². The molecule has 2 aromatic rings. The molecule has 120 valence electrons. The molecule has 1 aliphatic heterocycles. The van der Waals surface area contributed by atoms with Crippen molar-refractivity contribution in [3.05, 3.63) is 40.9 Å². The van der Waals surface area contributed by atoms with Crippen LogP contribution in [0.5, 0.6) is 0 Å². The Bertz CT molecular complexity index is 741. The fourth-order valence-corrected chi connectivity index (χ4v) is 3.75. The second-order valence-electron chi connectivity index (χ2n) is 5.95. The predicted molar refractivity (Wildman–Crippen MR) is 90.4 cm³/mol. The second kappa shape index (κ2) is 6.50. The molecule has 1 atom stereocenters. The number of likely N-dealkylation sites (tertiary alicyclic amines) is 1. The third-order valence-electron chi connectivity index (χ3n) is 4.09. The minimum absolute atomic E-state index is 0.0318. The van der Waals surface area contributed by atoms with Gasteiger partial charge in [-0.1, -0.05) is 25.1 Å². The molecule has 1 saturated heterocycles. The minimum atomic E-state index is -0.492. The van der Waals surface area contributed by atoms with Gasteiger partial charge >= 0.3 is 0 Å². The molecule has 1 unspecified atom stereocenters. The van der Waals surface area contributed by atoms with E-state index in [0.717, 1.165) is 25.9 Å². The molecule has 5 nitrogen and oxygen atoms in total. The van der Waals surface area contributed by atoms with Crippen molar-refractivity contribution in [3.8, 4) is 10.6 Å². The predicted octanol–water partition coefficient (Wildman–Crippen LogP) is 2.78. The zero-order valence-corrected chi connectivity index (χ0v) is 13.8. The van der Waals surface area contributed by atoms with E-state index in [-0.39, 0.29) is 5.91 Å². The van der Waals surface area contributed by atoms with Crippen LogP contribution < -0.4 is 5.73 Å². The summed E-state index contributed by atoms with van der Waals surface area (Å²) in [5, 5.41) is 2.40. The number of carbonyl (C=O) groups is 2. The van der Waals surface area contributed by atoms with Crippen LogP contribution in [0.15, 0.2) is 29.6 Å². The zero-order valence-electron chi connectivity index (χ0n) is 13.0. The first kappa shape index (κ1) is 15.7. The van der Waals surface area contributed by atoms with Crippen molar-refractivity contribution in [2.24, 2.45) is 11.7 Å². The third kappa shape index (κ3) is 3.27. The SMILES string of the molecule is CC1CCCN(C(=O)c2csc(-c3ccccc3C(N)=O)n2)C1. The van der Waals surface area contributed by atoms with Gasteiger partial charge in [0.15, 0.2) is 0 Å². The fourth-order valence-electron chi connectivity index (χ4n) is 2.92. The summed E-state index contributed by atoms with van der Waals surface area (Å²) < 4.78 is 0. The number of nitrogens with zero attached hydrogens (tertiary/aromatic N) is 2. The van der Waals surface area contributed by atoms with Gasteiger partial charge in [-0.2, -0.15) is 0 Å². The number of rotatable bonds is 3. The van der Waals surface area contributed by atoms with Crippen LogP contribution in [0.1, 0.15) is 40.6 Å². The van der Waals surface area contributed by atoms with Crippen LogP contribution in [0.3, 0.4) is 0 Å². The number of benzene rings is 1. The van der Waals surface area contributed by atoms with E-state index >= 15 is 0 Å². The molecule has 0 aliphatic carbocycles. The summed E-state index contributed by atoms with van der Waals surface area (Å²) in [6.45, 7) is 3.73. The molecule has 1 aromatic carbocycles. The molecule has 1 fully saturated rings. The summed E-state index contributed by atoms with van der Waals surface area (Å²) in [4.78, 5) is 30.4. The Morgan fingerprint density at radius 2 is 2.13 bits per heavy atom. The van der Waals surface area contributed by atoms with Gasteiger partial charge in [-0.15, -0.1) is 11.3 Å². The normalized spacial score (nSPS) is 18.0. The molecule has 0 saturated carbocycles. The molecule has 2 N–H and O–H groups in total. The van der Waals surface area contributed by atoms with Crippen molar-refractivity contribution < 1.29 is 9.59 Å². The van der Waals surface area contributed by atoms with Gasteiger partial charge in [0.25, 0.3) is 5.91 Å². The van der Waals surface area contributed by atoms with Crippen LogP contribution in [-0.4, -0.2) is 34.8 Å². The first-order chi connectivity index (χ1) is 11.1. The molecule has 3 rings (SSSR count). The Morgan fingerprint density at radius 1 is 1.35 bits per heavy atom. The molecule has 1 aromatic heterocycles. The molecule has 2 amide bonds. The highest BCUT2D eigenvalue weighted by atomic mass is 32.1. The monoisotopic (exact) mass is 329 g/mol. The van der Waals surface area contributed by atoms with Crippen molar-refractivity contribution >= 4 is 23.2 Å². The number of carbonyl (C=O) groups excluding carboxylic acids is 2. The van der Waals surface area contributed by atoms with Crippen molar-refractivity contribution in [2.75, 3.05) is 13.1 Å². The van der Waals surface area contributed by atoms with Gasteiger partial charge in [0, 0.05) is 29.6 Å². The van der Waals surface area contributed by atoms with Crippen molar-refractivity contribution in [3.63, 3.8) is 0 Å². The smallest absolute Gasteiger partial charge is 0.273 e. The lowest BCUT2D eigenvalue weighted by atomic mass is 10.0. The second-order valence-corrected chi connectivity index (χ2v) is 6.80. The van der Waals surface area contributed by atoms with E-state index in [1.54, 1.807) is 23.6 Å².